The molecule has 2 atom stereocenters. The summed E-state index contributed by atoms with van der Waals surface area (Å²) in [6.45, 7) is 11.1. The number of anilines is 2. The molecule has 5 nitrogen and oxygen atoms in total. The number of nitrogens with zero attached hydrogens (tertiary/aromatic N) is 3. The van der Waals surface area contributed by atoms with Crippen LogP contribution >= 0.6 is 0 Å². The molecule has 1 saturated heterocycles. The zero-order chi connectivity index (χ0) is 13.8. The Labute approximate surface area is 115 Å². The van der Waals surface area contributed by atoms with Gasteiger partial charge < -0.3 is 15.0 Å². The van der Waals surface area contributed by atoms with Crippen molar-refractivity contribution in [2.45, 2.75) is 46.3 Å². The van der Waals surface area contributed by atoms with Gasteiger partial charge in [0.2, 0.25) is 0 Å². The molecule has 2 rings (SSSR count). The summed E-state index contributed by atoms with van der Waals surface area (Å²) < 4.78 is 5.77. The van der Waals surface area contributed by atoms with Gasteiger partial charge in [0, 0.05) is 25.2 Å². The Hall–Kier alpha value is -1.36. The van der Waals surface area contributed by atoms with Crippen molar-refractivity contribution in [3.05, 3.63) is 11.9 Å². The van der Waals surface area contributed by atoms with E-state index in [1.165, 1.54) is 0 Å². The van der Waals surface area contributed by atoms with E-state index in [2.05, 4.69) is 47.9 Å². The molecule has 0 aliphatic carbocycles. The SMILES string of the molecule is CCCNc1ncnc(N2C[C@@H](C)O[C@@H](C)C2)c1C. The lowest BCUT2D eigenvalue weighted by Crippen LogP contribution is -2.46. The first-order chi connectivity index (χ1) is 9.11. The van der Waals surface area contributed by atoms with E-state index in [1.807, 2.05) is 0 Å². The molecule has 0 aromatic carbocycles. The fourth-order valence-electron chi connectivity index (χ4n) is 2.53. The van der Waals surface area contributed by atoms with Crippen molar-refractivity contribution in [2.75, 3.05) is 29.9 Å². The second-order valence-electron chi connectivity index (χ2n) is 5.26. The third-order valence-electron chi connectivity index (χ3n) is 3.32. The molecule has 1 fully saturated rings. The summed E-state index contributed by atoms with van der Waals surface area (Å²) in [4.78, 5) is 11.1. The molecular formula is C14H24N4O. The summed E-state index contributed by atoms with van der Waals surface area (Å²) in [5.74, 6) is 1.97. The number of nitrogens with one attached hydrogen (secondary N) is 1. The molecule has 5 heteroatoms. The van der Waals surface area contributed by atoms with Crippen LogP contribution in [-0.2, 0) is 4.74 Å². The summed E-state index contributed by atoms with van der Waals surface area (Å²) in [6, 6.07) is 0. The molecule has 0 spiro atoms. The lowest BCUT2D eigenvalue weighted by atomic mass is 10.2. The minimum atomic E-state index is 0.241. The standard InChI is InChI=1S/C14H24N4O/c1-5-6-15-13-12(4)14(17-9-16-13)18-7-10(2)19-11(3)8-18/h9-11H,5-8H2,1-4H3,(H,15,16,17)/t10-,11+. The van der Waals surface area contributed by atoms with Gasteiger partial charge in [0.15, 0.2) is 0 Å². The molecule has 0 bridgehead atoms. The Balaban J connectivity index is 2.19. The second-order valence-corrected chi connectivity index (χ2v) is 5.26. The third-order valence-corrected chi connectivity index (χ3v) is 3.32. The number of hydrogen-bond acceptors (Lipinski definition) is 5. The van der Waals surface area contributed by atoms with Crippen molar-refractivity contribution >= 4 is 11.6 Å². The number of aromatic nitrogens is 2. The molecule has 1 N–H and O–H groups in total. The number of ether oxygens (including phenoxy) is 1. The van der Waals surface area contributed by atoms with Crippen LogP contribution in [0.2, 0.25) is 0 Å². The summed E-state index contributed by atoms with van der Waals surface area (Å²) >= 11 is 0. The van der Waals surface area contributed by atoms with Gasteiger partial charge >= 0.3 is 0 Å². The van der Waals surface area contributed by atoms with Gasteiger partial charge in [-0.1, -0.05) is 6.92 Å². The average molecular weight is 264 g/mol. The maximum Gasteiger partial charge on any atom is 0.137 e. The van der Waals surface area contributed by atoms with Gasteiger partial charge in [0.05, 0.1) is 12.2 Å². The zero-order valence-electron chi connectivity index (χ0n) is 12.3. The van der Waals surface area contributed by atoms with Gasteiger partial charge in [0.1, 0.15) is 18.0 Å². The lowest BCUT2D eigenvalue weighted by molar-refractivity contribution is -0.00549. The largest absolute Gasteiger partial charge is 0.372 e. The average Bonchev–Trinajstić information content (AvgIpc) is 2.36. The molecule has 106 valence electrons. The highest BCUT2D eigenvalue weighted by Gasteiger charge is 2.24. The normalized spacial score (nSPS) is 23.5. The van der Waals surface area contributed by atoms with Gasteiger partial charge in [-0.3, -0.25) is 0 Å². The maximum absolute atomic E-state index is 5.77. The quantitative estimate of drug-likeness (QED) is 0.903. The van der Waals surface area contributed by atoms with Crippen molar-refractivity contribution in [2.24, 2.45) is 0 Å². The molecule has 0 saturated carbocycles. The van der Waals surface area contributed by atoms with Crippen molar-refractivity contribution in [3.63, 3.8) is 0 Å². The smallest absolute Gasteiger partial charge is 0.137 e. The van der Waals surface area contributed by atoms with Crippen molar-refractivity contribution in [1.29, 1.82) is 0 Å². The maximum atomic E-state index is 5.77. The molecule has 1 aliphatic rings. The van der Waals surface area contributed by atoms with E-state index in [4.69, 9.17) is 4.74 Å². The second kappa shape index (κ2) is 6.19. The Morgan fingerprint density at radius 1 is 1.32 bits per heavy atom. The molecule has 19 heavy (non-hydrogen) atoms. The first kappa shape index (κ1) is 14.1. The van der Waals surface area contributed by atoms with E-state index in [-0.39, 0.29) is 12.2 Å². The Bertz CT molecular complexity index is 414. The summed E-state index contributed by atoms with van der Waals surface area (Å²) in [5.41, 5.74) is 1.12. The van der Waals surface area contributed by atoms with Gasteiger partial charge in [-0.05, 0) is 27.2 Å². The minimum absolute atomic E-state index is 0.241. The fourth-order valence-corrected chi connectivity index (χ4v) is 2.53. The first-order valence-electron chi connectivity index (χ1n) is 7.07. The van der Waals surface area contributed by atoms with Gasteiger partial charge in [0.25, 0.3) is 0 Å². The zero-order valence-corrected chi connectivity index (χ0v) is 12.3. The molecule has 0 radical (unpaired) electrons. The van der Waals surface area contributed by atoms with E-state index >= 15 is 0 Å². The highest BCUT2D eigenvalue weighted by atomic mass is 16.5. The van der Waals surface area contributed by atoms with E-state index in [0.717, 1.165) is 43.3 Å². The predicted octanol–water partition coefficient (Wildman–Crippen LogP) is 2.22. The molecular weight excluding hydrogens is 240 g/mol. The van der Waals surface area contributed by atoms with Crippen LogP contribution in [0.4, 0.5) is 11.6 Å². The number of rotatable bonds is 4. The van der Waals surface area contributed by atoms with Crippen LogP contribution in [0, 0.1) is 6.92 Å². The van der Waals surface area contributed by atoms with E-state index in [0.29, 0.717) is 0 Å². The van der Waals surface area contributed by atoms with Gasteiger partial charge in [-0.2, -0.15) is 0 Å². The van der Waals surface area contributed by atoms with Crippen LogP contribution in [0.25, 0.3) is 0 Å². The Kier molecular flexibility index (Phi) is 4.58. The Morgan fingerprint density at radius 2 is 2.00 bits per heavy atom. The molecule has 0 unspecified atom stereocenters. The van der Waals surface area contributed by atoms with Crippen LogP contribution < -0.4 is 10.2 Å². The van der Waals surface area contributed by atoms with Crippen LogP contribution in [-0.4, -0.2) is 41.8 Å². The third kappa shape index (κ3) is 3.35. The van der Waals surface area contributed by atoms with E-state index in [9.17, 15) is 0 Å². The topological polar surface area (TPSA) is 50.3 Å². The fraction of sp³-hybridized carbons (Fsp3) is 0.714. The van der Waals surface area contributed by atoms with Crippen molar-refractivity contribution in [3.8, 4) is 0 Å². The Morgan fingerprint density at radius 3 is 2.63 bits per heavy atom. The summed E-state index contributed by atoms with van der Waals surface area (Å²) in [5, 5.41) is 3.36. The van der Waals surface area contributed by atoms with Crippen LogP contribution in [0.15, 0.2) is 6.33 Å². The minimum Gasteiger partial charge on any atom is -0.372 e. The monoisotopic (exact) mass is 264 g/mol. The van der Waals surface area contributed by atoms with Gasteiger partial charge in [-0.15, -0.1) is 0 Å². The van der Waals surface area contributed by atoms with Gasteiger partial charge in [-0.25, -0.2) is 9.97 Å². The van der Waals surface area contributed by atoms with Crippen molar-refractivity contribution in [1.82, 2.24) is 9.97 Å². The summed E-state index contributed by atoms with van der Waals surface area (Å²) in [6.07, 6.45) is 3.21. The van der Waals surface area contributed by atoms with Crippen LogP contribution in [0.1, 0.15) is 32.8 Å². The lowest BCUT2D eigenvalue weighted by Gasteiger charge is -2.36. The highest BCUT2D eigenvalue weighted by molar-refractivity contribution is 5.58. The van der Waals surface area contributed by atoms with Crippen LogP contribution in [0.3, 0.4) is 0 Å². The molecule has 2 heterocycles. The molecule has 1 aromatic heterocycles. The van der Waals surface area contributed by atoms with Crippen LogP contribution in [0.5, 0.6) is 0 Å². The first-order valence-corrected chi connectivity index (χ1v) is 7.07. The predicted molar refractivity (Wildman–Crippen MR) is 77.8 cm³/mol. The molecule has 1 aliphatic heterocycles. The number of morpholine rings is 1. The van der Waals surface area contributed by atoms with Crippen molar-refractivity contribution < 1.29 is 4.74 Å². The van der Waals surface area contributed by atoms with E-state index < -0.39 is 0 Å². The number of hydrogen-bond donors (Lipinski definition) is 1. The highest BCUT2D eigenvalue weighted by Crippen LogP contribution is 2.25. The molecule has 1 aromatic rings. The molecule has 0 amide bonds. The summed E-state index contributed by atoms with van der Waals surface area (Å²) in [7, 11) is 0. The van der Waals surface area contributed by atoms with E-state index in [1.54, 1.807) is 6.33 Å².